The Morgan fingerprint density at radius 1 is 1.67 bits per heavy atom. The Morgan fingerprint density at radius 3 is 2.67 bits per heavy atom. The first-order valence-corrected chi connectivity index (χ1v) is 5.06. The van der Waals surface area contributed by atoms with Crippen LogP contribution in [0.15, 0.2) is 0 Å². The number of amides is 1. The number of nitrogens with two attached hydrogens (primary N) is 1. The Hall–Kier alpha value is -1.10. The molecule has 0 radical (unpaired) electrons. The molecule has 0 spiro atoms. The first kappa shape index (κ1) is 12.0. The smallest absolute Gasteiger partial charge is 0.308 e. The van der Waals surface area contributed by atoms with E-state index < -0.39 is 11.9 Å². The molecule has 1 heterocycles. The summed E-state index contributed by atoms with van der Waals surface area (Å²) in [6.07, 6.45) is 0.121. The molecule has 0 aliphatic carbocycles. The van der Waals surface area contributed by atoms with Crippen LogP contribution < -0.4 is 5.73 Å². The number of hydrogen-bond donors (Lipinski definition) is 2. The number of aliphatic carboxylic acids is 1. The third kappa shape index (κ3) is 2.92. The highest BCUT2D eigenvalue weighted by molar-refractivity contribution is 5.86. The monoisotopic (exact) mass is 214 g/mol. The fourth-order valence-electron chi connectivity index (χ4n) is 1.67. The van der Waals surface area contributed by atoms with E-state index in [9.17, 15) is 9.59 Å². The van der Waals surface area contributed by atoms with Gasteiger partial charge in [0.1, 0.15) is 0 Å². The molecule has 1 saturated heterocycles. The largest absolute Gasteiger partial charge is 0.481 e. The molecule has 0 aromatic rings. The maximum atomic E-state index is 11.5. The lowest BCUT2D eigenvalue weighted by molar-refractivity contribution is -0.141. The lowest BCUT2D eigenvalue weighted by atomic mass is 9.93. The summed E-state index contributed by atoms with van der Waals surface area (Å²) in [7, 11) is 0. The van der Waals surface area contributed by atoms with Crippen LogP contribution in [-0.4, -0.2) is 41.5 Å². The molecular weight excluding hydrogens is 196 g/mol. The van der Waals surface area contributed by atoms with E-state index in [0.717, 1.165) is 0 Å². The standard InChI is InChI=1S/C10H18N2O3/c1-10(2,5-11)6-12-4-7(9(14)15)3-8(12)13/h7H,3-6,11H2,1-2H3,(H,14,15). The topological polar surface area (TPSA) is 83.6 Å². The van der Waals surface area contributed by atoms with Gasteiger partial charge >= 0.3 is 5.97 Å². The zero-order chi connectivity index (χ0) is 11.6. The highest BCUT2D eigenvalue weighted by Gasteiger charge is 2.36. The molecule has 1 aliphatic rings. The Balaban J connectivity index is 2.58. The maximum absolute atomic E-state index is 11.5. The van der Waals surface area contributed by atoms with Gasteiger partial charge in [-0.3, -0.25) is 9.59 Å². The van der Waals surface area contributed by atoms with Crippen molar-refractivity contribution in [3.63, 3.8) is 0 Å². The quantitative estimate of drug-likeness (QED) is 0.684. The van der Waals surface area contributed by atoms with Crippen LogP contribution in [0.25, 0.3) is 0 Å². The molecule has 1 unspecified atom stereocenters. The van der Waals surface area contributed by atoms with Crippen LogP contribution in [0.3, 0.4) is 0 Å². The summed E-state index contributed by atoms with van der Waals surface area (Å²) in [5, 5.41) is 8.80. The molecule has 15 heavy (non-hydrogen) atoms. The number of carbonyl (C=O) groups excluding carboxylic acids is 1. The summed E-state index contributed by atoms with van der Waals surface area (Å²) < 4.78 is 0. The maximum Gasteiger partial charge on any atom is 0.308 e. The van der Waals surface area contributed by atoms with Gasteiger partial charge in [0.25, 0.3) is 0 Å². The molecule has 86 valence electrons. The molecule has 0 saturated carbocycles. The van der Waals surface area contributed by atoms with E-state index in [2.05, 4.69) is 0 Å². The van der Waals surface area contributed by atoms with Gasteiger partial charge in [0, 0.05) is 19.5 Å². The van der Waals surface area contributed by atoms with Crippen LogP contribution in [0.4, 0.5) is 0 Å². The van der Waals surface area contributed by atoms with Crippen LogP contribution in [0.1, 0.15) is 20.3 Å². The summed E-state index contributed by atoms with van der Waals surface area (Å²) in [5.41, 5.74) is 5.42. The van der Waals surface area contributed by atoms with Gasteiger partial charge in [-0.15, -0.1) is 0 Å². The second kappa shape index (κ2) is 4.18. The van der Waals surface area contributed by atoms with Crippen LogP contribution >= 0.6 is 0 Å². The van der Waals surface area contributed by atoms with Crippen molar-refractivity contribution in [2.24, 2.45) is 17.1 Å². The Kier molecular flexibility index (Phi) is 3.34. The highest BCUT2D eigenvalue weighted by Crippen LogP contribution is 2.23. The molecule has 3 N–H and O–H groups in total. The number of likely N-dealkylation sites (tertiary alicyclic amines) is 1. The van der Waals surface area contributed by atoms with Gasteiger partial charge in [-0.2, -0.15) is 0 Å². The first-order valence-electron chi connectivity index (χ1n) is 5.06. The second-order valence-corrected chi connectivity index (χ2v) is 4.88. The fourth-order valence-corrected chi connectivity index (χ4v) is 1.67. The van der Waals surface area contributed by atoms with E-state index in [4.69, 9.17) is 10.8 Å². The van der Waals surface area contributed by atoms with Crippen LogP contribution in [0.5, 0.6) is 0 Å². The lowest BCUT2D eigenvalue weighted by Gasteiger charge is -2.28. The van der Waals surface area contributed by atoms with Crippen molar-refractivity contribution in [2.75, 3.05) is 19.6 Å². The third-order valence-corrected chi connectivity index (χ3v) is 2.74. The number of carboxylic acids is 1. The van der Waals surface area contributed by atoms with Crippen molar-refractivity contribution in [3.8, 4) is 0 Å². The van der Waals surface area contributed by atoms with Crippen molar-refractivity contribution in [1.29, 1.82) is 0 Å². The van der Waals surface area contributed by atoms with Crippen LogP contribution in [-0.2, 0) is 9.59 Å². The molecule has 5 nitrogen and oxygen atoms in total. The Bertz CT molecular complexity index is 276. The van der Waals surface area contributed by atoms with Crippen molar-refractivity contribution in [1.82, 2.24) is 4.90 Å². The zero-order valence-electron chi connectivity index (χ0n) is 9.19. The molecule has 0 bridgehead atoms. The van der Waals surface area contributed by atoms with E-state index >= 15 is 0 Å². The zero-order valence-corrected chi connectivity index (χ0v) is 9.19. The van der Waals surface area contributed by atoms with E-state index in [-0.39, 0.29) is 17.7 Å². The average Bonchev–Trinajstić information content (AvgIpc) is 2.47. The first-order chi connectivity index (χ1) is 6.85. The van der Waals surface area contributed by atoms with E-state index in [1.165, 1.54) is 0 Å². The van der Waals surface area contributed by atoms with Gasteiger partial charge < -0.3 is 15.7 Å². The molecule has 1 rings (SSSR count). The molecule has 1 fully saturated rings. The van der Waals surface area contributed by atoms with Crippen molar-refractivity contribution < 1.29 is 14.7 Å². The number of nitrogens with zero attached hydrogens (tertiary/aromatic N) is 1. The predicted octanol–water partition coefficient (Wildman–Crippen LogP) is -0.0956. The SMILES string of the molecule is CC(C)(CN)CN1CC(C(=O)O)CC1=O. The van der Waals surface area contributed by atoms with E-state index in [1.807, 2.05) is 13.8 Å². The van der Waals surface area contributed by atoms with Gasteiger partial charge in [0.05, 0.1) is 5.92 Å². The van der Waals surface area contributed by atoms with Crippen molar-refractivity contribution >= 4 is 11.9 Å². The minimum absolute atomic E-state index is 0.0797. The summed E-state index contributed by atoms with van der Waals surface area (Å²) in [6, 6.07) is 0. The summed E-state index contributed by atoms with van der Waals surface area (Å²) in [5.74, 6) is -1.52. The normalized spacial score (nSPS) is 22.2. The molecule has 0 aromatic carbocycles. The predicted molar refractivity (Wildman–Crippen MR) is 55.2 cm³/mol. The summed E-state index contributed by atoms with van der Waals surface area (Å²) in [4.78, 5) is 23.8. The van der Waals surface area contributed by atoms with Crippen molar-refractivity contribution in [3.05, 3.63) is 0 Å². The average molecular weight is 214 g/mol. The molecule has 0 aromatic heterocycles. The number of rotatable bonds is 4. The molecule has 1 aliphatic heterocycles. The van der Waals surface area contributed by atoms with Gasteiger partial charge in [0.2, 0.25) is 5.91 Å². The minimum atomic E-state index is -0.892. The Morgan fingerprint density at radius 2 is 2.27 bits per heavy atom. The van der Waals surface area contributed by atoms with Gasteiger partial charge in [0.15, 0.2) is 0 Å². The third-order valence-electron chi connectivity index (χ3n) is 2.74. The van der Waals surface area contributed by atoms with E-state index in [1.54, 1.807) is 4.90 Å². The molecule has 1 amide bonds. The number of carboxylic acid groups (broad SMARTS) is 1. The van der Waals surface area contributed by atoms with Gasteiger partial charge in [-0.1, -0.05) is 13.8 Å². The highest BCUT2D eigenvalue weighted by atomic mass is 16.4. The Labute approximate surface area is 89.2 Å². The van der Waals surface area contributed by atoms with Gasteiger partial charge in [-0.25, -0.2) is 0 Å². The van der Waals surface area contributed by atoms with Crippen LogP contribution in [0.2, 0.25) is 0 Å². The fraction of sp³-hybridized carbons (Fsp3) is 0.800. The molecule has 1 atom stereocenters. The summed E-state index contributed by atoms with van der Waals surface area (Å²) >= 11 is 0. The molecule has 5 heteroatoms. The van der Waals surface area contributed by atoms with E-state index in [0.29, 0.717) is 19.6 Å². The molecular formula is C10H18N2O3. The number of carbonyl (C=O) groups is 2. The van der Waals surface area contributed by atoms with Crippen LogP contribution in [0, 0.1) is 11.3 Å². The second-order valence-electron chi connectivity index (χ2n) is 4.88. The minimum Gasteiger partial charge on any atom is -0.481 e. The van der Waals surface area contributed by atoms with Gasteiger partial charge in [-0.05, 0) is 12.0 Å². The van der Waals surface area contributed by atoms with Crippen molar-refractivity contribution in [2.45, 2.75) is 20.3 Å². The number of hydrogen-bond acceptors (Lipinski definition) is 3. The summed E-state index contributed by atoms with van der Waals surface area (Å²) in [6.45, 7) is 5.26. The lowest BCUT2D eigenvalue weighted by Crippen LogP contribution is -2.39.